The van der Waals surface area contributed by atoms with Crippen molar-refractivity contribution in [2.45, 2.75) is 64.9 Å². The molecular formula is C18H28O4. The SMILES string of the molecule is CCCCCC(O)CC(=O)CCc1ccc(OCC)c(O)c1. The van der Waals surface area contributed by atoms with Gasteiger partial charge in [-0.05, 0) is 37.5 Å². The Hall–Kier alpha value is -1.55. The highest BCUT2D eigenvalue weighted by atomic mass is 16.5. The summed E-state index contributed by atoms with van der Waals surface area (Å²) in [5, 5.41) is 19.6. The number of ether oxygens (including phenoxy) is 1. The number of Topliss-reactive ketones (excluding diaryl/α,β-unsaturated/α-hetero) is 1. The van der Waals surface area contributed by atoms with Gasteiger partial charge >= 0.3 is 0 Å². The van der Waals surface area contributed by atoms with Crippen LogP contribution < -0.4 is 4.74 Å². The molecule has 1 rings (SSSR count). The van der Waals surface area contributed by atoms with Gasteiger partial charge in [0.15, 0.2) is 11.5 Å². The molecule has 0 heterocycles. The van der Waals surface area contributed by atoms with Crippen molar-refractivity contribution in [3.63, 3.8) is 0 Å². The lowest BCUT2D eigenvalue weighted by Crippen LogP contribution is -2.13. The number of ketones is 1. The molecule has 1 aromatic carbocycles. The largest absolute Gasteiger partial charge is 0.504 e. The summed E-state index contributed by atoms with van der Waals surface area (Å²) >= 11 is 0. The second kappa shape index (κ2) is 10.2. The predicted molar refractivity (Wildman–Crippen MR) is 87.4 cm³/mol. The van der Waals surface area contributed by atoms with Gasteiger partial charge in [-0.1, -0.05) is 32.3 Å². The summed E-state index contributed by atoms with van der Waals surface area (Å²) < 4.78 is 5.27. The van der Waals surface area contributed by atoms with E-state index in [2.05, 4.69) is 6.92 Å². The average Bonchev–Trinajstić information content (AvgIpc) is 2.48. The van der Waals surface area contributed by atoms with Gasteiger partial charge in [-0.3, -0.25) is 4.79 Å². The second-order valence-corrected chi connectivity index (χ2v) is 5.63. The van der Waals surface area contributed by atoms with Gasteiger partial charge in [-0.25, -0.2) is 0 Å². The molecule has 0 aliphatic rings. The highest BCUT2D eigenvalue weighted by molar-refractivity contribution is 5.79. The minimum Gasteiger partial charge on any atom is -0.504 e. The maximum atomic E-state index is 11.9. The van der Waals surface area contributed by atoms with Crippen molar-refractivity contribution >= 4 is 5.78 Å². The van der Waals surface area contributed by atoms with Gasteiger partial charge in [-0.15, -0.1) is 0 Å². The lowest BCUT2D eigenvalue weighted by Gasteiger charge is -2.10. The molecule has 0 aliphatic carbocycles. The molecule has 0 saturated carbocycles. The maximum Gasteiger partial charge on any atom is 0.160 e. The number of aliphatic hydroxyl groups is 1. The number of hydrogen-bond acceptors (Lipinski definition) is 4. The zero-order valence-corrected chi connectivity index (χ0v) is 13.7. The molecule has 0 amide bonds. The van der Waals surface area contributed by atoms with Crippen LogP contribution in [0.15, 0.2) is 18.2 Å². The Morgan fingerprint density at radius 3 is 2.68 bits per heavy atom. The minimum atomic E-state index is -0.521. The molecule has 0 saturated heterocycles. The number of benzene rings is 1. The van der Waals surface area contributed by atoms with Gasteiger partial charge in [0.1, 0.15) is 5.78 Å². The lowest BCUT2D eigenvalue weighted by molar-refractivity contribution is -0.121. The predicted octanol–water partition coefficient (Wildman–Crippen LogP) is 3.62. The summed E-state index contributed by atoms with van der Waals surface area (Å²) in [5.41, 5.74) is 0.898. The van der Waals surface area contributed by atoms with Crippen LogP contribution in [-0.2, 0) is 11.2 Å². The molecule has 0 aliphatic heterocycles. The molecule has 4 heteroatoms. The monoisotopic (exact) mass is 308 g/mol. The first-order chi connectivity index (χ1) is 10.6. The molecule has 2 N–H and O–H groups in total. The fourth-order valence-electron chi connectivity index (χ4n) is 2.38. The Balaban J connectivity index is 2.36. The number of rotatable bonds is 11. The number of aryl methyl sites for hydroxylation is 1. The third-order valence-electron chi connectivity index (χ3n) is 3.62. The molecule has 4 nitrogen and oxygen atoms in total. The zero-order valence-electron chi connectivity index (χ0n) is 13.7. The first-order valence-corrected chi connectivity index (χ1v) is 8.21. The van der Waals surface area contributed by atoms with Crippen molar-refractivity contribution < 1.29 is 19.7 Å². The van der Waals surface area contributed by atoms with E-state index in [1.54, 1.807) is 12.1 Å². The number of carbonyl (C=O) groups is 1. The van der Waals surface area contributed by atoms with Crippen molar-refractivity contribution in [2.75, 3.05) is 6.61 Å². The Kier molecular flexibility index (Phi) is 8.60. The van der Waals surface area contributed by atoms with E-state index in [0.717, 1.165) is 24.8 Å². The topological polar surface area (TPSA) is 66.8 Å². The highest BCUT2D eigenvalue weighted by Crippen LogP contribution is 2.27. The van der Waals surface area contributed by atoms with Gasteiger partial charge in [-0.2, -0.15) is 0 Å². The normalized spacial score (nSPS) is 12.1. The fraction of sp³-hybridized carbons (Fsp3) is 0.611. The summed E-state index contributed by atoms with van der Waals surface area (Å²) in [6, 6.07) is 5.21. The van der Waals surface area contributed by atoms with Crippen LogP contribution in [0.1, 0.15) is 57.9 Å². The van der Waals surface area contributed by atoms with Crippen LogP contribution in [0.25, 0.3) is 0 Å². The Bertz CT molecular complexity index is 456. The third-order valence-corrected chi connectivity index (χ3v) is 3.62. The fourth-order valence-corrected chi connectivity index (χ4v) is 2.38. The van der Waals surface area contributed by atoms with Crippen LogP contribution in [-0.4, -0.2) is 28.7 Å². The summed E-state index contributed by atoms with van der Waals surface area (Å²) in [7, 11) is 0. The van der Waals surface area contributed by atoms with Crippen molar-refractivity contribution in [2.24, 2.45) is 0 Å². The van der Waals surface area contributed by atoms with E-state index in [1.807, 2.05) is 13.0 Å². The molecular weight excluding hydrogens is 280 g/mol. The van der Waals surface area contributed by atoms with Gasteiger partial charge in [0, 0.05) is 12.8 Å². The second-order valence-electron chi connectivity index (χ2n) is 5.63. The van der Waals surface area contributed by atoms with E-state index < -0.39 is 6.10 Å². The van der Waals surface area contributed by atoms with Crippen LogP contribution in [0.3, 0.4) is 0 Å². The van der Waals surface area contributed by atoms with Crippen LogP contribution in [0.4, 0.5) is 0 Å². The number of phenolic OH excluding ortho intramolecular Hbond substituents is 1. The number of phenols is 1. The Morgan fingerprint density at radius 2 is 2.05 bits per heavy atom. The number of carbonyl (C=O) groups excluding carboxylic acids is 1. The first-order valence-electron chi connectivity index (χ1n) is 8.21. The molecule has 1 atom stereocenters. The van der Waals surface area contributed by atoms with Crippen molar-refractivity contribution in [1.82, 2.24) is 0 Å². The molecule has 0 spiro atoms. The van der Waals surface area contributed by atoms with E-state index >= 15 is 0 Å². The van der Waals surface area contributed by atoms with Gasteiger partial charge < -0.3 is 14.9 Å². The minimum absolute atomic E-state index is 0.0670. The Labute approximate surface area is 133 Å². The zero-order chi connectivity index (χ0) is 16.4. The van der Waals surface area contributed by atoms with E-state index in [9.17, 15) is 15.0 Å². The third kappa shape index (κ3) is 6.94. The molecule has 0 bridgehead atoms. The number of aliphatic hydroxyl groups excluding tert-OH is 1. The first kappa shape index (κ1) is 18.5. The lowest BCUT2D eigenvalue weighted by atomic mass is 10.0. The van der Waals surface area contributed by atoms with Gasteiger partial charge in [0.2, 0.25) is 0 Å². The quantitative estimate of drug-likeness (QED) is 0.613. The summed E-state index contributed by atoms with van der Waals surface area (Å²) in [6.07, 6.45) is 4.54. The highest BCUT2D eigenvalue weighted by Gasteiger charge is 2.11. The van der Waals surface area contributed by atoms with Crippen LogP contribution in [0.5, 0.6) is 11.5 Å². The van der Waals surface area contributed by atoms with E-state index in [4.69, 9.17) is 4.74 Å². The van der Waals surface area contributed by atoms with Crippen molar-refractivity contribution in [1.29, 1.82) is 0 Å². The number of aromatic hydroxyl groups is 1. The van der Waals surface area contributed by atoms with Crippen molar-refractivity contribution in [3.05, 3.63) is 23.8 Å². The van der Waals surface area contributed by atoms with E-state index in [-0.39, 0.29) is 18.0 Å². The molecule has 1 unspecified atom stereocenters. The smallest absolute Gasteiger partial charge is 0.160 e. The summed E-state index contributed by atoms with van der Waals surface area (Å²) in [6.45, 7) is 4.48. The van der Waals surface area contributed by atoms with Gasteiger partial charge in [0.25, 0.3) is 0 Å². The van der Waals surface area contributed by atoms with Gasteiger partial charge in [0.05, 0.1) is 12.7 Å². The summed E-state index contributed by atoms with van der Waals surface area (Å²) in [5.74, 6) is 0.632. The van der Waals surface area contributed by atoms with Crippen molar-refractivity contribution in [3.8, 4) is 11.5 Å². The van der Waals surface area contributed by atoms with Crippen LogP contribution >= 0.6 is 0 Å². The summed E-state index contributed by atoms with van der Waals surface area (Å²) in [4.78, 5) is 11.9. The number of unbranched alkanes of at least 4 members (excludes halogenated alkanes) is 2. The molecule has 0 aromatic heterocycles. The maximum absolute atomic E-state index is 11.9. The molecule has 22 heavy (non-hydrogen) atoms. The average molecular weight is 308 g/mol. The molecule has 0 fully saturated rings. The van der Waals surface area contributed by atoms with Crippen LogP contribution in [0, 0.1) is 0 Å². The standard InChI is InChI=1S/C18H28O4/c1-3-5-6-7-15(19)13-16(20)10-8-14-9-11-18(22-4-2)17(21)12-14/h9,11-12,15,19,21H,3-8,10,13H2,1-2H3. The Morgan fingerprint density at radius 1 is 1.27 bits per heavy atom. The number of hydrogen-bond donors (Lipinski definition) is 2. The molecule has 0 radical (unpaired) electrons. The molecule has 1 aromatic rings. The van der Waals surface area contributed by atoms with E-state index in [0.29, 0.717) is 31.6 Å². The van der Waals surface area contributed by atoms with Crippen LogP contribution in [0.2, 0.25) is 0 Å². The van der Waals surface area contributed by atoms with E-state index in [1.165, 1.54) is 0 Å². The molecule has 124 valence electrons.